The van der Waals surface area contributed by atoms with Crippen LogP contribution >= 0.6 is 0 Å². The second-order valence-corrected chi connectivity index (χ2v) is 3.51. The number of nitrogens with zero attached hydrogens (tertiary/aromatic N) is 2. The molecule has 0 fully saturated rings. The summed E-state index contributed by atoms with van der Waals surface area (Å²) in [7, 11) is 0. The van der Waals surface area contributed by atoms with Crippen molar-refractivity contribution < 1.29 is 19.1 Å². The van der Waals surface area contributed by atoms with Crippen LogP contribution in [0, 0.1) is 5.82 Å². The van der Waals surface area contributed by atoms with E-state index >= 15 is 0 Å². The second kappa shape index (κ2) is 4.92. The molecule has 2 aromatic rings. The summed E-state index contributed by atoms with van der Waals surface area (Å²) in [5, 5.41) is 21.4. The lowest BCUT2D eigenvalue weighted by Gasteiger charge is -1.96. The SMILES string of the molecule is OCCCc1nc(-c2ccc(O)c(F)c2)no1. The summed E-state index contributed by atoms with van der Waals surface area (Å²) in [4.78, 5) is 4.05. The molecule has 0 saturated heterocycles. The fourth-order valence-electron chi connectivity index (χ4n) is 1.35. The first-order chi connectivity index (χ1) is 8.20. The number of hydrogen-bond donors (Lipinski definition) is 2. The smallest absolute Gasteiger partial charge is 0.227 e. The molecule has 6 heteroatoms. The van der Waals surface area contributed by atoms with Crippen LogP contribution in [-0.2, 0) is 6.42 Å². The number of benzene rings is 1. The molecule has 5 nitrogen and oxygen atoms in total. The highest BCUT2D eigenvalue weighted by atomic mass is 19.1. The monoisotopic (exact) mass is 238 g/mol. The van der Waals surface area contributed by atoms with Gasteiger partial charge in [0.25, 0.3) is 0 Å². The van der Waals surface area contributed by atoms with Crippen LogP contribution in [0.25, 0.3) is 11.4 Å². The predicted molar refractivity (Wildman–Crippen MR) is 56.8 cm³/mol. The third kappa shape index (κ3) is 2.59. The molecule has 1 aromatic carbocycles. The van der Waals surface area contributed by atoms with Gasteiger partial charge in [-0.05, 0) is 24.6 Å². The summed E-state index contributed by atoms with van der Waals surface area (Å²) < 4.78 is 18.0. The van der Waals surface area contributed by atoms with E-state index in [4.69, 9.17) is 14.7 Å². The number of aromatic nitrogens is 2. The number of phenolic OH excluding ortho intramolecular Hbond substituents is 1. The van der Waals surface area contributed by atoms with Gasteiger partial charge in [0.2, 0.25) is 11.7 Å². The Morgan fingerprint density at radius 2 is 2.18 bits per heavy atom. The van der Waals surface area contributed by atoms with E-state index in [0.717, 1.165) is 6.07 Å². The van der Waals surface area contributed by atoms with E-state index in [1.54, 1.807) is 0 Å². The minimum absolute atomic E-state index is 0.0472. The number of hydrogen-bond acceptors (Lipinski definition) is 5. The number of aryl methyl sites for hydroxylation is 1. The molecule has 1 aromatic heterocycles. The number of halogens is 1. The molecule has 0 unspecified atom stereocenters. The Balaban J connectivity index is 2.21. The minimum atomic E-state index is -0.732. The van der Waals surface area contributed by atoms with E-state index in [1.807, 2.05) is 0 Å². The highest BCUT2D eigenvalue weighted by Crippen LogP contribution is 2.22. The zero-order chi connectivity index (χ0) is 12.3. The van der Waals surface area contributed by atoms with Gasteiger partial charge in [0.1, 0.15) is 0 Å². The van der Waals surface area contributed by atoms with Gasteiger partial charge in [0.15, 0.2) is 11.6 Å². The van der Waals surface area contributed by atoms with Crippen LogP contribution in [0.2, 0.25) is 0 Å². The number of aliphatic hydroxyl groups is 1. The summed E-state index contributed by atoms with van der Waals surface area (Å²) in [6.45, 7) is 0.0472. The third-order valence-electron chi connectivity index (χ3n) is 2.22. The molecule has 0 spiro atoms. The summed E-state index contributed by atoms with van der Waals surface area (Å²) in [5.41, 5.74) is 0.430. The van der Waals surface area contributed by atoms with Crippen LogP contribution in [0.1, 0.15) is 12.3 Å². The van der Waals surface area contributed by atoms with E-state index in [1.165, 1.54) is 12.1 Å². The van der Waals surface area contributed by atoms with Crippen molar-refractivity contribution in [2.24, 2.45) is 0 Å². The summed E-state index contributed by atoms with van der Waals surface area (Å²) >= 11 is 0. The van der Waals surface area contributed by atoms with Gasteiger partial charge in [-0.3, -0.25) is 0 Å². The molecule has 90 valence electrons. The lowest BCUT2D eigenvalue weighted by Crippen LogP contribution is -1.89. The maximum Gasteiger partial charge on any atom is 0.227 e. The Hall–Kier alpha value is -1.95. The molecule has 0 amide bonds. The maximum atomic E-state index is 13.1. The first kappa shape index (κ1) is 11.5. The highest BCUT2D eigenvalue weighted by molar-refractivity contribution is 5.55. The molecule has 2 rings (SSSR count). The van der Waals surface area contributed by atoms with E-state index in [-0.39, 0.29) is 12.4 Å². The summed E-state index contributed by atoms with van der Waals surface area (Å²) in [6.07, 6.45) is 1.01. The first-order valence-corrected chi connectivity index (χ1v) is 5.13. The zero-order valence-electron chi connectivity index (χ0n) is 8.93. The van der Waals surface area contributed by atoms with Crippen molar-refractivity contribution >= 4 is 0 Å². The third-order valence-corrected chi connectivity index (χ3v) is 2.22. The lowest BCUT2D eigenvalue weighted by molar-refractivity contribution is 0.278. The number of aromatic hydroxyl groups is 1. The van der Waals surface area contributed by atoms with E-state index in [9.17, 15) is 4.39 Å². The van der Waals surface area contributed by atoms with E-state index in [2.05, 4.69) is 10.1 Å². The Kier molecular flexibility index (Phi) is 3.34. The average Bonchev–Trinajstić information content (AvgIpc) is 2.79. The Bertz CT molecular complexity index is 513. The van der Waals surface area contributed by atoms with Gasteiger partial charge in [-0.1, -0.05) is 5.16 Å². The van der Waals surface area contributed by atoms with Crippen molar-refractivity contribution in [1.82, 2.24) is 10.1 Å². The van der Waals surface area contributed by atoms with Crippen LogP contribution in [0.15, 0.2) is 22.7 Å². The molecule has 0 saturated carbocycles. The van der Waals surface area contributed by atoms with Gasteiger partial charge in [-0.15, -0.1) is 0 Å². The average molecular weight is 238 g/mol. The predicted octanol–water partition coefficient (Wildman–Crippen LogP) is 1.51. The van der Waals surface area contributed by atoms with Crippen molar-refractivity contribution in [3.05, 3.63) is 29.9 Å². The summed E-state index contributed by atoms with van der Waals surface area (Å²) in [6, 6.07) is 3.86. The fraction of sp³-hybridized carbons (Fsp3) is 0.273. The molecule has 2 N–H and O–H groups in total. The van der Waals surface area contributed by atoms with E-state index in [0.29, 0.717) is 24.3 Å². The number of rotatable bonds is 4. The normalized spacial score (nSPS) is 10.7. The van der Waals surface area contributed by atoms with Crippen molar-refractivity contribution in [3.8, 4) is 17.1 Å². The highest BCUT2D eigenvalue weighted by Gasteiger charge is 2.10. The maximum absolute atomic E-state index is 13.1. The van der Waals surface area contributed by atoms with Gasteiger partial charge in [-0.25, -0.2) is 4.39 Å². The Morgan fingerprint density at radius 3 is 2.88 bits per heavy atom. The van der Waals surface area contributed by atoms with Gasteiger partial charge < -0.3 is 14.7 Å². The van der Waals surface area contributed by atoms with Crippen LogP contribution in [0.5, 0.6) is 5.75 Å². The van der Waals surface area contributed by atoms with Gasteiger partial charge in [-0.2, -0.15) is 4.98 Å². The topological polar surface area (TPSA) is 79.4 Å². The summed E-state index contributed by atoms with van der Waals surface area (Å²) in [5.74, 6) is -0.499. The second-order valence-electron chi connectivity index (χ2n) is 3.51. The van der Waals surface area contributed by atoms with Gasteiger partial charge in [0, 0.05) is 18.6 Å². The Labute approximate surface area is 96.5 Å². The largest absolute Gasteiger partial charge is 0.505 e. The molecule has 0 aliphatic rings. The van der Waals surface area contributed by atoms with Gasteiger partial charge >= 0.3 is 0 Å². The van der Waals surface area contributed by atoms with Crippen LogP contribution in [-0.4, -0.2) is 27.0 Å². The lowest BCUT2D eigenvalue weighted by atomic mass is 10.2. The van der Waals surface area contributed by atoms with Crippen molar-refractivity contribution in [1.29, 1.82) is 0 Å². The standard InChI is InChI=1S/C11H11FN2O3/c12-8-6-7(3-4-9(8)16)11-13-10(17-14-11)2-1-5-15/h3-4,6,15-16H,1-2,5H2. The molecule has 17 heavy (non-hydrogen) atoms. The molecular weight excluding hydrogens is 227 g/mol. The molecule has 0 aliphatic carbocycles. The van der Waals surface area contributed by atoms with Crippen molar-refractivity contribution in [2.45, 2.75) is 12.8 Å². The van der Waals surface area contributed by atoms with Crippen LogP contribution in [0.3, 0.4) is 0 Å². The first-order valence-electron chi connectivity index (χ1n) is 5.13. The molecule has 0 atom stereocenters. The van der Waals surface area contributed by atoms with Crippen LogP contribution < -0.4 is 0 Å². The molecule has 0 aliphatic heterocycles. The van der Waals surface area contributed by atoms with Crippen molar-refractivity contribution in [2.75, 3.05) is 6.61 Å². The number of aliphatic hydroxyl groups excluding tert-OH is 1. The minimum Gasteiger partial charge on any atom is -0.505 e. The molecular formula is C11H11FN2O3. The molecule has 0 radical (unpaired) electrons. The molecule has 1 heterocycles. The van der Waals surface area contributed by atoms with Crippen molar-refractivity contribution in [3.63, 3.8) is 0 Å². The van der Waals surface area contributed by atoms with E-state index < -0.39 is 11.6 Å². The Morgan fingerprint density at radius 1 is 1.35 bits per heavy atom. The number of phenols is 1. The van der Waals surface area contributed by atoms with Gasteiger partial charge in [0.05, 0.1) is 0 Å². The quantitative estimate of drug-likeness (QED) is 0.843. The fourth-order valence-corrected chi connectivity index (χ4v) is 1.35. The molecule has 0 bridgehead atoms. The van der Waals surface area contributed by atoms with Crippen LogP contribution in [0.4, 0.5) is 4.39 Å². The zero-order valence-corrected chi connectivity index (χ0v) is 8.93.